The van der Waals surface area contributed by atoms with Crippen molar-refractivity contribution in [2.24, 2.45) is 5.92 Å². The van der Waals surface area contributed by atoms with Crippen LogP contribution in [0, 0.1) is 12.8 Å². The number of carbonyl (C=O) groups is 1. The quantitative estimate of drug-likeness (QED) is 0.861. The van der Waals surface area contributed by atoms with Crippen molar-refractivity contribution < 1.29 is 9.90 Å². The highest BCUT2D eigenvalue weighted by Gasteiger charge is 2.29. The third kappa shape index (κ3) is 2.24. The molecule has 1 aliphatic rings. The summed E-state index contributed by atoms with van der Waals surface area (Å²) in [7, 11) is 0. The topological polar surface area (TPSA) is 80.9 Å². The zero-order valence-electron chi connectivity index (χ0n) is 11.1. The predicted octanol–water partition coefficient (Wildman–Crippen LogP) is 2.60. The minimum atomic E-state index is -0.726. The molecule has 1 aliphatic carbocycles. The second kappa shape index (κ2) is 5.01. The maximum absolute atomic E-state index is 11.2. The van der Waals surface area contributed by atoms with Gasteiger partial charge in [0.25, 0.3) is 0 Å². The molecule has 3 rings (SSSR count). The molecule has 2 aromatic rings. The lowest BCUT2D eigenvalue weighted by molar-refractivity contribution is -0.143. The Morgan fingerprint density at radius 3 is 3.05 bits per heavy atom. The van der Waals surface area contributed by atoms with Gasteiger partial charge in [-0.15, -0.1) is 0 Å². The summed E-state index contributed by atoms with van der Waals surface area (Å²) in [5, 5.41) is 14.8. The van der Waals surface area contributed by atoms with Crippen LogP contribution >= 0.6 is 11.6 Å². The number of aromatic nitrogens is 4. The molecule has 2 atom stereocenters. The van der Waals surface area contributed by atoms with Crippen molar-refractivity contribution in [3.8, 4) is 0 Å². The van der Waals surface area contributed by atoms with E-state index in [-0.39, 0.29) is 17.2 Å². The average molecular weight is 295 g/mol. The van der Waals surface area contributed by atoms with Gasteiger partial charge in [-0.2, -0.15) is 10.1 Å². The molecular weight excluding hydrogens is 280 g/mol. The molecule has 0 aromatic carbocycles. The number of aliphatic carboxylic acids is 1. The van der Waals surface area contributed by atoms with Crippen LogP contribution in [0.2, 0.25) is 5.28 Å². The van der Waals surface area contributed by atoms with Gasteiger partial charge in [-0.3, -0.25) is 4.79 Å². The van der Waals surface area contributed by atoms with Crippen molar-refractivity contribution in [1.29, 1.82) is 0 Å². The van der Waals surface area contributed by atoms with Crippen LogP contribution < -0.4 is 0 Å². The Morgan fingerprint density at radius 1 is 1.50 bits per heavy atom. The summed E-state index contributed by atoms with van der Waals surface area (Å²) in [6.07, 6.45) is 4.80. The molecule has 0 aliphatic heterocycles. The van der Waals surface area contributed by atoms with Gasteiger partial charge in [0, 0.05) is 6.20 Å². The molecule has 0 radical (unpaired) electrons. The van der Waals surface area contributed by atoms with Gasteiger partial charge in [0.15, 0.2) is 5.65 Å². The molecule has 1 saturated carbocycles. The van der Waals surface area contributed by atoms with Crippen LogP contribution in [-0.2, 0) is 4.79 Å². The normalized spacial score (nSPS) is 23.1. The smallest absolute Gasteiger partial charge is 0.306 e. The average Bonchev–Trinajstić information content (AvgIpc) is 2.75. The van der Waals surface area contributed by atoms with E-state index in [0.717, 1.165) is 30.3 Å². The van der Waals surface area contributed by atoms with Crippen LogP contribution in [0.25, 0.3) is 11.0 Å². The van der Waals surface area contributed by atoms with E-state index in [1.807, 2.05) is 11.6 Å². The third-order valence-electron chi connectivity index (χ3n) is 3.95. The van der Waals surface area contributed by atoms with Gasteiger partial charge in [0.05, 0.1) is 23.0 Å². The van der Waals surface area contributed by atoms with Gasteiger partial charge in [-0.25, -0.2) is 9.67 Å². The molecule has 20 heavy (non-hydrogen) atoms. The largest absolute Gasteiger partial charge is 0.481 e. The third-order valence-corrected chi connectivity index (χ3v) is 4.13. The first-order chi connectivity index (χ1) is 9.56. The number of hydrogen-bond donors (Lipinski definition) is 1. The summed E-state index contributed by atoms with van der Waals surface area (Å²) in [6, 6.07) is 0.0621. The van der Waals surface area contributed by atoms with E-state index >= 15 is 0 Å². The highest BCUT2D eigenvalue weighted by molar-refractivity contribution is 6.28. The fourth-order valence-electron chi connectivity index (χ4n) is 2.91. The van der Waals surface area contributed by atoms with Crippen molar-refractivity contribution in [3.63, 3.8) is 0 Å². The predicted molar refractivity (Wildman–Crippen MR) is 73.7 cm³/mol. The molecule has 106 valence electrons. The molecule has 1 N–H and O–H groups in total. The molecule has 0 unspecified atom stereocenters. The first-order valence-corrected chi connectivity index (χ1v) is 7.04. The van der Waals surface area contributed by atoms with Crippen molar-refractivity contribution in [2.75, 3.05) is 0 Å². The minimum absolute atomic E-state index is 0.0621. The summed E-state index contributed by atoms with van der Waals surface area (Å²) in [6.45, 7) is 1.90. The molecular formula is C13H15ClN4O2. The highest BCUT2D eigenvalue weighted by atomic mass is 35.5. The molecule has 7 heteroatoms. The van der Waals surface area contributed by atoms with E-state index in [0.29, 0.717) is 12.1 Å². The van der Waals surface area contributed by atoms with Crippen LogP contribution in [0.1, 0.15) is 37.4 Å². The van der Waals surface area contributed by atoms with Gasteiger partial charge in [0.1, 0.15) is 0 Å². The SMILES string of the molecule is Cc1nn([C@@H]2CCC[C@@H](C(=O)O)C2)c2nc(Cl)ncc12. The number of aryl methyl sites for hydroxylation is 1. The van der Waals surface area contributed by atoms with Gasteiger partial charge >= 0.3 is 5.97 Å². The van der Waals surface area contributed by atoms with E-state index in [1.54, 1.807) is 6.20 Å². The summed E-state index contributed by atoms with van der Waals surface area (Å²) in [4.78, 5) is 19.4. The lowest BCUT2D eigenvalue weighted by Gasteiger charge is -2.27. The zero-order chi connectivity index (χ0) is 14.3. The van der Waals surface area contributed by atoms with E-state index in [2.05, 4.69) is 15.1 Å². The second-order valence-electron chi connectivity index (χ2n) is 5.26. The first-order valence-electron chi connectivity index (χ1n) is 6.66. The summed E-state index contributed by atoms with van der Waals surface area (Å²) >= 11 is 5.86. The Kier molecular flexibility index (Phi) is 3.33. The molecule has 2 heterocycles. The fraction of sp³-hybridized carbons (Fsp3) is 0.538. The molecule has 6 nitrogen and oxygen atoms in total. The van der Waals surface area contributed by atoms with Gasteiger partial charge in [0.2, 0.25) is 5.28 Å². The van der Waals surface area contributed by atoms with Gasteiger partial charge in [-0.05, 0) is 37.8 Å². The molecule has 2 aromatic heterocycles. The van der Waals surface area contributed by atoms with Crippen molar-refractivity contribution in [1.82, 2.24) is 19.7 Å². The lowest BCUT2D eigenvalue weighted by Crippen LogP contribution is -2.25. The standard InChI is InChI=1S/C13H15ClN4O2/c1-7-10-6-15-13(14)16-11(10)18(17-7)9-4-2-3-8(5-9)12(19)20/h6,8-9H,2-5H2,1H3,(H,19,20)/t8-,9-/m1/s1. The monoisotopic (exact) mass is 294 g/mol. The van der Waals surface area contributed by atoms with Gasteiger partial charge in [-0.1, -0.05) is 6.42 Å². The van der Waals surface area contributed by atoms with Gasteiger partial charge < -0.3 is 5.11 Å². The first kappa shape index (κ1) is 13.3. The zero-order valence-corrected chi connectivity index (χ0v) is 11.8. The fourth-order valence-corrected chi connectivity index (χ4v) is 3.04. The van der Waals surface area contributed by atoms with Crippen molar-refractivity contribution in [3.05, 3.63) is 17.2 Å². The second-order valence-corrected chi connectivity index (χ2v) is 5.60. The number of fused-ring (bicyclic) bond motifs is 1. The molecule has 0 bridgehead atoms. The highest BCUT2D eigenvalue weighted by Crippen LogP contribution is 2.34. The molecule has 1 fully saturated rings. The summed E-state index contributed by atoms with van der Waals surface area (Å²) in [5.74, 6) is -1.03. The van der Waals surface area contributed by atoms with E-state index in [1.165, 1.54) is 0 Å². The van der Waals surface area contributed by atoms with Crippen LogP contribution in [0.3, 0.4) is 0 Å². The summed E-state index contributed by atoms with van der Waals surface area (Å²) < 4.78 is 1.83. The number of halogens is 1. The van der Waals surface area contributed by atoms with Crippen LogP contribution in [0.4, 0.5) is 0 Å². The number of carboxylic acid groups (broad SMARTS) is 1. The van der Waals surface area contributed by atoms with E-state index < -0.39 is 5.97 Å². The Hall–Kier alpha value is -1.69. The van der Waals surface area contributed by atoms with Crippen LogP contribution in [0.5, 0.6) is 0 Å². The minimum Gasteiger partial charge on any atom is -0.481 e. The summed E-state index contributed by atoms with van der Waals surface area (Å²) in [5.41, 5.74) is 1.53. The molecule has 0 saturated heterocycles. The van der Waals surface area contributed by atoms with Crippen LogP contribution in [0.15, 0.2) is 6.20 Å². The molecule has 0 spiro atoms. The van der Waals surface area contributed by atoms with Crippen LogP contribution in [-0.4, -0.2) is 30.8 Å². The Morgan fingerprint density at radius 2 is 2.30 bits per heavy atom. The number of rotatable bonds is 2. The number of carboxylic acids is 1. The maximum Gasteiger partial charge on any atom is 0.306 e. The van der Waals surface area contributed by atoms with E-state index in [9.17, 15) is 9.90 Å². The lowest BCUT2D eigenvalue weighted by atomic mass is 9.86. The number of nitrogens with zero attached hydrogens (tertiary/aromatic N) is 4. The van der Waals surface area contributed by atoms with E-state index in [4.69, 9.17) is 11.6 Å². The number of hydrogen-bond acceptors (Lipinski definition) is 4. The van der Waals surface area contributed by atoms with Crippen molar-refractivity contribution >= 4 is 28.6 Å². The maximum atomic E-state index is 11.2. The Bertz CT molecular complexity index is 670. The van der Waals surface area contributed by atoms with Crippen molar-refractivity contribution in [2.45, 2.75) is 38.6 Å². The molecule has 0 amide bonds. The Balaban J connectivity index is 2.01. The Labute approximate surface area is 120 Å².